The molecule has 1 aliphatic carbocycles. The summed E-state index contributed by atoms with van der Waals surface area (Å²) in [5, 5.41) is 0. The van der Waals surface area contributed by atoms with E-state index in [2.05, 4.69) is 4.72 Å². The lowest BCUT2D eigenvalue weighted by Gasteiger charge is -2.26. The van der Waals surface area contributed by atoms with E-state index in [0.29, 0.717) is 0 Å². The van der Waals surface area contributed by atoms with Crippen LogP contribution in [0.15, 0.2) is 29.2 Å². The summed E-state index contributed by atoms with van der Waals surface area (Å²) in [6.45, 7) is 0.0627. The summed E-state index contributed by atoms with van der Waals surface area (Å²) in [6.07, 6.45) is 4.71. The van der Waals surface area contributed by atoms with Gasteiger partial charge in [0.1, 0.15) is 5.82 Å². The number of halogens is 1. The zero-order chi connectivity index (χ0) is 17.1. The summed E-state index contributed by atoms with van der Waals surface area (Å²) in [5.41, 5.74) is 0. The van der Waals surface area contributed by atoms with Gasteiger partial charge in [-0.2, -0.15) is 4.31 Å². The van der Waals surface area contributed by atoms with Gasteiger partial charge in [-0.25, -0.2) is 25.9 Å². The Bertz CT molecular complexity index is 727. The zero-order valence-electron chi connectivity index (χ0n) is 12.9. The van der Waals surface area contributed by atoms with Crippen molar-refractivity contribution in [3.63, 3.8) is 0 Å². The second-order valence-corrected chi connectivity index (χ2v) is 9.37. The van der Waals surface area contributed by atoms with Crippen molar-refractivity contribution in [3.05, 3.63) is 30.1 Å². The van der Waals surface area contributed by atoms with Crippen molar-refractivity contribution in [3.8, 4) is 0 Å². The fraction of sp³-hybridized carbons (Fsp3) is 0.571. The van der Waals surface area contributed by atoms with Crippen LogP contribution in [-0.2, 0) is 20.0 Å². The second kappa shape index (κ2) is 7.25. The number of nitrogens with one attached hydrogen (secondary N) is 1. The maximum atomic E-state index is 12.8. The van der Waals surface area contributed by atoms with Crippen LogP contribution in [0.4, 0.5) is 4.39 Å². The fourth-order valence-electron chi connectivity index (χ4n) is 2.80. The van der Waals surface area contributed by atoms with Gasteiger partial charge in [-0.15, -0.1) is 0 Å². The van der Waals surface area contributed by atoms with Crippen molar-refractivity contribution in [1.29, 1.82) is 0 Å². The predicted molar refractivity (Wildman–Crippen MR) is 85.4 cm³/mol. The number of benzene rings is 1. The third-order valence-electron chi connectivity index (χ3n) is 3.91. The number of sulfonamides is 2. The Morgan fingerprint density at radius 1 is 1.13 bits per heavy atom. The minimum atomic E-state index is -3.78. The molecule has 1 saturated carbocycles. The van der Waals surface area contributed by atoms with Gasteiger partial charge in [-0.1, -0.05) is 12.8 Å². The lowest BCUT2D eigenvalue weighted by molar-refractivity contribution is 0.328. The van der Waals surface area contributed by atoms with Crippen LogP contribution in [0.2, 0.25) is 0 Å². The minimum absolute atomic E-state index is 0.0245. The van der Waals surface area contributed by atoms with Gasteiger partial charge < -0.3 is 0 Å². The van der Waals surface area contributed by atoms with Crippen LogP contribution in [0, 0.1) is 5.82 Å². The fourth-order valence-corrected chi connectivity index (χ4v) is 5.00. The Kier molecular flexibility index (Phi) is 5.77. The number of rotatable bonds is 7. The molecule has 6 nitrogen and oxygen atoms in total. The summed E-state index contributed by atoms with van der Waals surface area (Å²) >= 11 is 0. The molecule has 0 radical (unpaired) electrons. The summed E-state index contributed by atoms with van der Waals surface area (Å²) in [7, 11) is -7.17. The number of nitrogens with zero attached hydrogens (tertiary/aromatic N) is 1. The lowest BCUT2D eigenvalue weighted by Crippen LogP contribution is -2.43. The first-order valence-electron chi connectivity index (χ1n) is 7.42. The van der Waals surface area contributed by atoms with Gasteiger partial charge in [-0.05, 0) is 37.1 Å². The van der Waals surface area contributed by atoms with Crippen LogP contribution in [0.5, 0.6) is 0 Å². The van der Waals surface area contributed by atoms with Crippen LogP contribution in [-0.4, -0.2) is 46.5 Å². The molecular weight excluding hydrogens is 343 g/mol. The predicted octanol–water partition coefficient (Wildman–Crippen LogP) is 1.31. The monoisotopic (exact) mass is 364 g/mol. The lowest BCUT2D eigenvalue weighted by atomic mass is 10.2. The smallest absolute Gasteiger partial charge is 0.212 e. The topological polar surface area (TPSA) is 83.6 Å². The number of hydrogen-bond acceptors (Lipinski definition) is 4. The van der Waals surface area contributed by atoms with Crippen molar-refractivity contribution < 1.29 is 21.2 Å². The van der Waals surface area contributed by atoms with E-state index in [1.165, 1.54) is 16.4 Å². The summed E-state index contributed by atoms with van der Waals surface area (Å²) in [5.74, 6) is -0.520. The minimum Gasteiger partial charge on any atom is -0.212 e. The van der Waals surface area contributed by atoms with Crippen molar-refractivity contribution in [2.24, 2.45) is 0 Å². The van der Waals surface area contributed by atoms with Crippen molar-refractivity contribution in [2.45, 2.75) is 36.6 Å². The molecule has 0 spiro atoms. The van der Waals surface area contributed by atoms with E-state index in [9.17, 15) is 21.2 Å². The Morgan fingerprint density at radius 2 is 1.70 bits per heavy atom. The van der Waals surface area contributed by atoms with Crippen molar-refractivity contribution in [2.75, 3.05) is 19.3 Å². The van der Waals surface area contributed by atoms with Gasteiger partial charge in [0.2, 0.25) is 20.0 Å². The highest BCUT2D eigenvalue weighted by molar-refractivity contribution is 7.89. The molecule has 0 atom stereocenters. The molecule has 0 unspecified atom stereocenters. The highest BCUT2D eigenvalue weighted by Crippen LogP contribution is 2.25. The molecule has 0 aromatic heterocycles. The standard InChI is InChI=1S/C14H21FN2O4S2/c1-22(18,19)17(13-4-2-3-5-13)11-10-16-23(20,21)14-8-6-12(15)7-9-14/h6-9,13,16H,2-5,10-11H2,1H3. The van der Waals surface area contributed by atoms with Crippen LogP contribution in [0.25, 0.3) is 0 Å². The van der Waals surface area contributed by atoms with E-state index in [4.69, 9.17) is 0 Å². The summed E-state index contributed by atoms with van der Waals surface area (Å²) in [6, 6.07) is 4.41. The average Bonchev–Trinajstić information content (AvgIpc) is 2.96. The SMILES string of the molecule is CS(=O)(=O)N(CCNS(=O)(=O)c1ccc(F)cc1)C1CCCC1. The molecule has 0 bridgehead atoms. The van der Waals surface area contributed by atoms with Crippen LogP contribution >= 0.6 is 0 Å². The average molecular weight is 364 g/mol. The van der Waals surface area contributed by atoms with E-state index in [-0.39, 0.29) is 24.0 Å². The number of hydrogen-bond donors (Lipinski definition) is 1. The van der Waals surface area contributed by atoms with Crippen LogP contribution in [0.3, 0.4) is 0 Å². The van der Waals surface area contributed by atoms with Crippen LogP contribution < -0.4 is 4.72 Å². The Labute approximate surface area is 136 Å². The summed E-state index contributed by atoms with van der Waals surface area (Å²) in [4.78, 5) is -0.0503. The maximum absolute atomic E-state index is 12.8. The Morgan fingerprint density at radius 3 is 2.22 bits per heavy atom. The normalized spacial score (nSPS) is 17.0. The van der Waals surface area contributed by atoms with E-state index in [1.54, 1.807) is 0 Å². The van der Waals surface area contributed by atoms with E-state index >= 15 is 0 Å². The Balaban J connectivity index is 2.00. The molecule has 1 fully saturated rings. The first kappa shape index (κ1) is 18.3. The molecule has 0 heterocycles. The van der Waals surface area contributed by atoms with E-state index < -0.39 is 25.9 Å². The Hall–Kier alpha value is -1.03. The molecular formula is C14H21FN2O4S2. The molecule has 0 saturated heterocycles. The van der Waals surface area contributed by atoms with E-state index in [0.717, 1.165) is 44.1 Å². The van der Waals surface area contributed by atoms with Gasteiger partial charge in [0, 0.05) is 19.1 Å². The largest absolute Gasteiger partial charge is 0.240 e. The molecule has 0 aliphatic heterocycles. The molecule has 2 rings (SSSR count). The van der Waals surface area contributed by atoms with Gasteiger partial charge in [0.25, 0.3) is 0 Å². The summed E-state index contributed by atoms with van der Waals surface area (Å²) < 4.78 is 64.5. The third kappa shape index (κ3) is 4.97. The zero-order valence-corrected chi connectivity index (χ0v) is 14.5. The van der Waals surface area contributed by atoms with E-state index in [1.807, 2.05) is 0 Å². The van der Waals surface area contributed by atoms with Crippen molar-refractivity contribution >= 4 is 20.0 Å². The molecule has 9 heteroatoms. The molecule has 1 aliphatic rings. The molecule has 23 heavy (non-hydrogen) atoms. The van der Waals surface area contributed by atoms with Gasteiger partial charge in [0.05, 0.1) is 11.2 Å². The maximum Gasteiger partial charge on any atom is 0.240 e. The van der Waals surface area contributed by atoms with Gasteiger partial charge in [-0.3, -0.25) is 0 Å². The highest BCUT2D eigenvalue weighted by atomic mass is 32.2. The third-order valence-corrected chi connectivity index (χ3v) is 6.72. The van der Waals surface area contributed by atoms with Gasteiger partial charge >= 0.3 is 0 Å². The molecule has 1 aromatic carbocycles. The molecule has 1 N–H and O–H groups in total. The first-order valence-corrected chi connectivity index (χ1v) is 10.8. The quantitative estimate of drug-likeness (QED) is 0.791. The molecule has 0 amide bonds. The van der Waals surface area contributed by atoms with Gasteiger partial charge in [0.15, 0.2) is 0 Å². The van der Waals surface area contributed by atoms with Crippen LogP contribution in [0.1, 0.15) is 25.7 Å². The first-order chi connectivity index (χ1) is 10.7. The highest BCUT2D eigenvalue weighted by Gasteiger charge is 2.29. The second-order valence-electron chi connectivity index (χ2n) is 5.66. The molecule has 130 valence electrons. The molecule has 1 aromatic rings. The van der Waals surface area contributed by atoms with Crippen molar-refractivity contribution in [1.82, 2.24) is 9.03 Å².